The largest absolute Gasteiger partial charge is 0.454 e. The molecule has 0 spiro atoms. The minimum atomic E-state index is -0.514. The van der Waals surface area contributed by atoms with Crippen LogP contribution in [-0.4, -0.2) is 53.0 Å². The molecule has 0 radical (unpaired) electrons. The van der Waals surface area contributed by atoms with Gasteiger partial charge in [-0.15, -0.1) is 0 Å². The first-order chi connectivity index (χ1) is 14.6. The van der Waals surface area contributed by atoms with Crippen LogP contribution in [0.2, 0.25) is 0 Å². The maximum Gasteiger partial charge on any atom is 0.245 e. The Hall–Kier alpha value is -3.48. The number of rotatable bonds is 1. The predicted octanol–water partition coefficient (Wildman–Crippen LogP) is 3.12. The number of hydrogen-bond donors (Lipinski definition) is 1. The summed E-state index contributed by atoms with van der Waals surface area (Å²) in [7, 11) is 1.70. The Bertz CT molecular complexity index is 1150. The molecular formula is C24H25N3O4. The lowest BCUT2D eigenvalue weighted by Crippen LogP contribution is -2.62. The van der Waals surface area contributed by atoms with Crippen LogP contribution in [0.5, 0.6) is 11.5 Å². The first-order valence-electron chi connectivity index (χ1n) is 10.2. The van der Waals surface area contributed by atoms with E-state index in [1.165, 1.54) is 4.90 Å². The van der Waals surface area contributed by atoms with Gasteiger partial charge in [0.05, 0.1) is 12.6 Å². The third-order valence-electron chi connectivity index (χ3n) is 6.37. The Kier molecular flexibility index (Phi) is 4.43. The van der Waals surface area contributed by atoms with Gasteiger partial charge in [-0.3, -0.25) is 9.59 Å². The number of likely N-dealkylation sites (N-methyl/N-ethyl adjacent to an activating group) is 1. The molecule has 3 aliphatic heterocycles. The number of piperazine rings is 1. The van der Waals surface area contributed by atoms with Crippen molar-refractivity contribution in [1.29, 1.82) is 0 Å². The summed E-state index contributed by atoms with van der Waals surface area (Å²) >= 11 is 0. The number of nitrogens with zero attached hydrogens (tertiary/aromatic N) is 2. The predicted molar refractivity (Wildman–Crippen MR) is 117 cm³/mol. The highest BCUT2D eigenvalue weighted by atomic mass is 16.7. The standard InChI is InChI=1S/C23H21N3O4.CH4/c1-25-11-20(27)26-17(23(25)28)10-15-14-5-3-2-4-6-16(14)24-21(15)22(26)13-7-8-18-19(9-13)30-12-29-18;/h3-9,17,22,24H,2,10-12H2,1H3;1H4. The summed E-state index contributed by atoms with van der Waals surface area (Å²) in [5.74, 6) is 1.29. The fourth-order valence-electron chi connectivity index (χ4n) is 4.98. The Labute approximate surface area is 180 Å². The molecule has 7 nitrogen and oxygen atoms in total. The summed E-state index contributed by atoms with van der Waals surface area (Å²) in [6.45, 7) is 0.279. The highest BCUT2D eigenvalue weighted by Crippen LogP contribution is 2.44. The van der Waals surface area contributed by atoms with Crippen molar-refractivity contribution in [2.45, 2.75) is 32.4 Å². The molecule has 0 bridgehead atoms. The molecule has 1 saturated heterocycles. The van der Waals surface area contributed by atoms with Crippen LogP contribution >= 0.6 is 0 Å². The molecule has 2 unspecified atom stereocenters. The van der Waals surface area contributed by atoms with Gasteiger partial charge in [-0.25, -0.2) is 0 Å². The average Bonchev–Trinajstić information content (AvgIpc) is 3.27. The SMILES string of the molecule is C.CN1CC(=O)N2C(Cc3c([nH]c4c3C=CCC=C4)C2c2ccc3c(c2)OCO3)C1=O. The zero-order chi connectivity index (χ0) is 20.4. The second-order valence-corrected chi connectivity index (χ2v) is 8.12. The lowest BCUT2D eigenvalue weighted by Gasteiger charge is -2.46. The molecule has 6 rings (SSSR count). The van der Waals surface area contributed by atoms with Crippen molar-refractivity contribution in [3.8, 4) is 11.5 Å². The quantitative estimate of drug-likeness (QED) is 0.771. The van der Waals surface area contributed by atoms with E-state index >= 15 is 0 Å². The monoisotopic (exact) mass is 419 g/mol. The Morgan fingerprint density at radius 1 is 1.10 bits per heavy atom. The van der Waals surface area contributed by atoms with Crippen LogP contribution in [0.3, 0.4) is 0 Å². The molecule has 7 heteroatoms. The fourth-order valence-corrected chi connectivity index (χ4v) is 4.98. The van der Waals surface area contributed by atoms with E-state index in [4.69, 9.17) is 9.47 Å². The molecule has 1 fully saturated rings. The van der Waals surface area contributed by atoms with E-state index in [1.807, 2.05) is 18.2 Å². The Balaban J connectivity index is 0.00000204. The van der Waals surface area contributed by atoms with E-state index in [0.717, 1.165) is 34.5 Å². The molecule has 1 aromatic carbocycles. The van der Waals surface area contributed by atoms with Crippen LogP contribution in [0.15, 0.2) is 30.4 Å². The summed E-state index contributed by atoms with van der Waals surface area (Å²) in [6, 6.07) is 4.86. The lowest BCUT2D eigenvalue weighted by atomic mass is 9.85. The van der Waals surface area contributed by atoms with Crippen molar-refractivity contribution in [2.24, 2.45) is 0 Å². The maximum atomic E-state index is 13.1. The van der Waals surface area contributed by atoms with Crippen LogP contribution in [0, 0.1) is 0 Å². The van der Waals surface area contributed by atoms with Gasteiger partial charge >= 0.3 is 0 Å². The van der Waals surface area contributed by atoms with Gasteiger partial charge in [0.2, 0.25) is 18.6 Å². The van der Waals surface area contributed by atoms with Crippen molar-refractivity contribution in [3.63, 3.8) is 0 Å². The summed E-state index contributed by atoms with van der Waals surface area (Å²) in [4.78, 5) is 33.1. The van der Waals surface area contributed by atoms with E-state index in [0.29, 0.717) is 17.9 Å². The topological polar surface area (TPSA) is 74.9 Å². The van der Waals surface area contributed by atoms with Gasteiger partial charge in [-0.1, -0.05) is 31.7 Å². The first-order valence-corrected chi connectivity index (χ1v) is 10.2. The van der Waals surface area contributed by atoms with Gasteiger partial charge in [-0.05, 0) is 35.8 Å². The second kappa shape index (κ2) is 7.04. The molecule has 2 aromatic rings. The second-order valence-electron chi connectivity index (χ2n) is 8.12. The van der Waals surface area contributed by atoms with Crippen LogP contribution in [-0.2, 0) is 16.0 Å². The number of carbonyl (C=O) groups is 2. The van der Waals surface area contributed by atoms with E-state index in [2.05, 4.69) is 29.3 Å². The highest BCUT2D eigenvalue weighted by molar-refractivity contribution is 5.96. The molecule has 4 aliphatic rings. The van der Waals surface area contributed by atoms with E-state index in [1.54, 1.807) is 11.9 Å². The smallest absolute Gasteiger partial charge is 0.245 e. The van der Waals surface area contributed by atoms with Crippen molar-refractivity contribution in [2.75, 3.05) is 20.4 Å². The maximum absolute atomic E-state index is 13.1. The van der Waals surface area contributed by atoms with Gasteiger partial charge < -0.3 is 24.3 Å². The number of aromatic nitrogens is 1. The lowest BCUT2D eigenvalue weighted by molar-refractivity contribution is -0.157. The number of aromatic amines is 1. The van der Waals surface area contributed by atoms with Crippen LogP contribution in [0.1, 0.15) is 48.0 Å². The molecule has 1 aliphatic carbocycles. The molecule has 1 aromatic heterocycles. The Morgan fingerprint density at radius 3 is 2.77 bits per heavy atom. The highest BCUT2D eigenvalue weighted by Gasteiger charge is 2.48. The normalized spacial score (nSPS) is 23.1. The molecular weight excluding hydrogens is 394 g/mol. The number of ether oxygens (including phenoxy) is 2. The number of amides is 2. The molecule has 2 atom stereocenters. The van der Waals surface area contributed by atoms with Crippen molar-refractivity contribution in [1.82, 2.24) is 14.8 Å². The fraction of sp³-hybridized carbons (Fsp3) is 0.333. The molecule has 0 saturated carbocycles. The zero-order valence-electron chi connectivity index (χ0n) is 16.6. The van der Waals surface area contributed by atoms with Gasteiger partial charge in [-0.2, -0.15) is 0 Å². The number of allylic oxidation sites excluding steroid dienone is 2. The zero-order valence-corrected chi connectivity index (χ0v) is 16.6. The van der Waals surface area contributed by atoms with Gasteiger partial charge in [0.15, 0.2) is 11.5 Å². The van der Waals surface area contributed by atoms with E-state index in [-0.39, 0.29) is 38.6 Å². The minimum Gasteiger partial charge on any atom is -0.454 e. The first kappa shape index (κ1) is 19.5. The summed E-state index contributed by atoms with van der Waals surface area (Å²) in [6.07, 6.45) is 9.82. The van der Waals surface area contributed by atoms with E-state index in [9.17, 15) is 9.59 Å². The average molecular weight is 419 g/mol. The summed E-state index contributed by atoms with van der Waals surface area (Å²) in [5, 5.41) is 0. The van der Waals surface area contributed by atoms with Crippen molar-refractivity contribution >= 4 is 24.0 Å². The van der Waals surface area contributed by atoms with Gasteiger partial charge in [0.25, 0.3) is 0 Å². The number of hydrogen-bond acceptors (Lipinski definition) is 4. The molecule has 1 N–H and O–H groups in total. The molecule has 160 valence electrons. The number of carbonyl (C=O) groups excluding carboxylic acids is 2. The molecule has 31 heavy (non-hydrogen) atoms. The number of benzene rings is 1. The molecule has 2 amide bonds. The Morgan fingerprint density at radius 2 is 1.90 bits per heavy atom. The van der Waals surface area contributed by atoms with Crippen molar-refractivity contribution < 1.29 is 19.1 Å². The summed E-state index contributed by atoms with van der Waals surface area (Å²) in [5.41, 5.74) is 5.11. The third-order valence-corrected chi connectivity index (χ3v) is 6.37. The van der Waals surface area contributed by atoms with Crippen LogP contribution < -0.4 is 9.47 Å². The van der Waals surface area contributed by atoms with E-state index < -0.39 is 6.04 Å². The van der Waals surface area contributed by atoms with Crippen molar-refractivity contribution in [3.05, 3.63) is 58.4 Å². The molecule has 4 heterocycles. The van der Waals surface area contributed by atoms with Crippen LogP contribution in [0.25, 0.3) is 12.2 Å². The third kappa shape index (κ3) is 2.80. The minimum absolute atomic E-state index is 0. The number of nitrogens with one attached hydrogen (secondary N) is 1. The number of fused-ring (bicyclic) bond motifs is 5. The van der Waals surface area contributed by atoms with Gasteiger partial charge in [0, 0.05) is 30.4 Å². The summed E-state index contributed by atoms with van der Waals surface area (Å²) < 4.78 is 11.0. The van der Waals surface area contributed by atoms with Gasteiger partial charge in [0.1, 0.15) is 6.04 Å². The van der Waals surface area contributed by atoms with Crippen LogP contribution in [0.4, 0.5) is 0 Å². The number of H-pyrrole nitrogens is 1.